The highest BCUT2D eigenvalue weighted by atomic mass is 16.5. The zero-order valence-electron chi connectivity index (χ0n) is 16.5. The lowest BCUT2D eigenvalue weighted by Gasteiger charge is -2.14. The lowest BCUT2D eigenvalue weighted by molar-refractivity contribution is -0.114. The van der Waals surface area contributed by atoms with Gasteiger partial charge in [0, 0.05) is 17.4 Å². The third-order valence-corrected chi connectivity index (χ3v) is 4.10. The number of unbranched alkanes of at least 4 members (excludes halogenated alkanes) is 1. The van der Waals surface area contributed by atoms with Gasteiger partial charge in [0.2, 0.25) is 5.91 Å². The third-order valence-electron chi connectivity index (χ3n) is 4.10. The summed E-state index contributed by atoms with van der Waals surface area (Å²) in [5.41, 5.74) is 1.60. The van der Waals surface area contributed by atoms with Gasteiger partial charge in [-0.25, -0.2) is 0 Å². The van der Waals surface area contributed by atoms with E-state index in [1.807, 2.05) is 55.5 Å². The minimum Gasteiger partial charge on any atom is -0.494 e. The van der Waals surface area contributed by atoms with Crippen LogP contribution in [0.25, 0.3) is 0 Å². The first-order chi connectivity index (χ1) is 13.1. The maximum Gasteiger partial charge on any atom is 0.243 e. The first-order valence-corrected chi connectivity index (χ1v) is 9.64. The normalized spacial score (nSPS) is 11.5. The molecule has 2 rings (SSSR count). The first kappa shape index (κ1) is 20.6. The van der Waals surface area contributed by atoms with Crippen LogP contribution in [-0.2, 0) is 4.79 Å². The van der Waals surface area contributed by atoms with E-state index in [1.54, 1.807) is 0 Å². The van der Waals surface area contributed by atoms with E-state index < -0.39 is 0 Å². The second kappa shape index (κ2) is 11.1. The number of carbonyl (C=O) groups is 1. The standard InChI is InChI=1S/C22H30N2O3/c1-4-6-14-26-20-12-10-18(11-13-20)24-22(25)16-23-19-8-7-9-21(15-19)27-17(3)5-2/h7-13,15,17,23H,4-6,14,16H2,1-3H3,(H,24,25). The SMILES string of the molecule is CCCCOc1ccc(NC(=O)CNc2cccc(OC(C)CC)c2)cc1. The van der Waals surface area contributed by atoms with Crippen molar-refractivity contribution in [2.24, 2.45) is 0 Å². The van der Waals surface area contributed by atoms with Gasteiger partial charge in [0.05, 0.1) is 19.3 Å². The van der Waals surface area contributed by atoms with Crippen LogP contribution in [0.15, 0.2) is 48.5 Å². The van der Waals surface area contributed by atoms with E-state index in [-0.39, 0.29) is 18.6 Å². The van der Waals surface area contributed by atoms with E-state index in [0.717, 1.165) is 42.1 Å². The molecule has 0 aromatic heterocycles. The van der Waals surface area contributed by atoms with E-state index in [9.17, 15) is 4.79 Å². The quantitative estimate of drug-likeness (QED) is 0.541. The number of ether oxygens (including phenoxy) is 2. The molecule has 0 aliphatic carbocycles. The predicted molar refractivity (Wildman–Crippen MR) is 111 cm³/mol. The van der Waals surface area contributed by atoms with Gasteiger partial charge in [0.25, 0.3) is 0 Å². The fraction of sp³-hybridized carbons (Fsp3) is 0.409. The van der Waals surface area contributed by atoms with Gasteiger partial charge in [-0.05, 0) is 56.2 Å². The second-order valence-electron chi connectivity index (χ2n) is 6.49. The molecule has 0 spiro atoms. The van der Waals surface area contributed by atoms with Gasteiger partial charge in [0.15, 0.2) is 0 Å². The number of amides is 1. The minimum absolute atomic E-state index is 0.108. The summed E-state index contributed by atoms with van der Waals surface area (Å²) in [6.45, 7) is 7.15. The molecule has 27 heavy (non-hydrogen) atoms. The van der Waals surface area contributed by atoms with Gasteiger partial charge in [-0.1, -0.05) is 26.3 Å². The summed E-state index contributed by atoms with van der Waals surface area (Å²) in [5, 5.41) is 6.00. The Hall–Kier alpha value is -2.69. The zero-order chi connectivity index (χ0) is 19.5. The first-order valence-electron chi connectivity index (χ1n) is 9.64. The van der Waals surface area contributed by atoms with Crippen LogP contribution in [0.3, 0.4) is 0 Å². The van der Waals surface area contributed by atoms with E-state index in [2.05, 4.69) is 24.5 Å². The average molecular weight is 370 g/mol. The highest BCUT2D eigenvalue weighted by Crippen LogP contribution is 2.19. The number of nitrogens with one attached hydrogen (secondary N) is 2. The number of benzene rings is 2. The molecule has 0 saturated heterocycles. The Morgan fingerprint density at radius 2 is 1.81 bits per heavy atom. The molecule has 1 atom stereocenters. The molecule has 5 nitrogen and oxygen atoms in total. The van der Waals surface area contributed by atoms with Crippen LogP contribution in [-0.4, -0.2) is 25.2 Å². The summed E-state index contributed by atoms with van der Waals surface area (Å²) in [5.74, 6) is 1.51. The van der Waals surface area contributed by atoms with Crippen molar-refractivity contribution in [2.45, 2.75) is 46.1 Å². The molecule has 2 aromatic carbocycles. The molecule has 5 heteroatoms. The van der Waals surface area contributed by atoms with Crippen molar-refractivity contribution >= 4 is 17.3 Å². The molecule has 0 saturated carbocycles. The predicted octanol–water partition coefficient (Wildman–Crippen LogP) is 5.09. The van der Waals surface area contributed by atoms with Crippen molar-refractivity contribution in [3.05, 3.63) is 48.5 Å². The van der Waals surface area contributed by atoms with Gasteiger partial charge in [0.1, 0.15) is 11.5 Å². The molecule has 0 heterocycles. The van der Waals surface area contributed by atoms with Crippen molar-refractivity contribution in [2.75, 3.05) is 23.8 Å². The summed E-state index contributed by atoms with van der Waals surface area (Å²) in [6.07, 6.45) is 3.25. The Morgan fingerprint density at radius 3 is 2.52 bits per heavy atom. The molecule has 1 unspecified atom stereocenters. The maximum atomic E-state index is 12.2. The Morgan fingerprint density at radius 1 is 1.04 bits per heavy atom. The van der Waals surface area contributed by atoms with Gasteiger partial charge >= 0.3 is 0 Å². The van der Waals surface area contributed by atoms with Crippen LogP contribution in [0.2, 0.25) is 0 Å². The smallest absolute Gasteiger partial charge is 0.243 e. The molecular weight excluding hydrogens is 340 g/mol. The van der Waals surface area contributed by atoms with Crippen LogP contribution in [0, 0.1) is 0 Å². The van der Waals surface area contributed by atoms with Crippen molar-refractivity contribution in [1.29, 1.82) is 0 Å². The van der Waals surface area contributed by atoms with Gasteiger partial charge in [-0.3, -0.25) is 4.79 Å². The number of carbonyl (C=O) groups excluding carboxylic acids is 1. The van der Waals surface area contributed by atoms with Crippen molar-refractivity contribution in [3.8, 4) is 11.5 Å². The Bertz CT molecular complexity index is 701. The van der Waals surface area contributed by atoms with Crippen LogP contribution in [0.5, 0.6) is 11.5 Å². The summed E-state index contributed by atoms with van der Waals surface area (Å²) >= 11 is 0. The third kappa shape index (κ3) is 7.60. The van der Waals surface area contributed by atoms with Crippen LogP contribution in [0.1, 0.15) is 40.0 Å². The van der Waals surface area contributed by atoms with Gasteiger partial charge in [-0.2, -0.15) is 0 Å². The lowest BCUT2D eigenvalue weighted by atomic mass is 10.2. The highest BCUT2D eigenvalue weighted by molar-refractivity contribution is 5.93. The van der Waals surface area contributed by atoms with Crippen molar-refractivity contribution in [3.63, 3.8) is 0 Å². The molecule has 146 valence electrons. The topological polar surface area (TPSA) is 59.6 Å². The minimum atomic E-state index is -0.108. The fourth-order valence-corrected chi connectivity index (χ4v) is 2.35. The molecule has 0 bridgehead atoms. The highest BCUT2D eigenvalue weighted by Gasteiger charge is 2.05. The number of hydrogen-bond donors (Lipinski definition) is 2. The van der Waals surface area contributed by atoms with Gasteiger partial charge < -0.3 is 20.1 Å². The molecule has 2 N–H and O–H groups in total. The van der Waals surface area contributed by atoms with E-state index in [0.29, 0.717) is 6.61 Å². The van der Waals surface area contributed by atoms with Crippen LogP contribution >= 0.6 is 0 Å². The second-order valence-corrected chi connectivity index (χ2v) is 6.49. The molecule has 0 fully saturated rings. The summed E-state index contributed by atoms with van der Waals surface area (Å²) in [6, 6.07) is 15.1. The number of rotatable bonds is 11. The van der Waals surface area contributed by atoms with Crippen LogP contribution < -0.4 is 20.1 Å². The molecule has 1 amide bonds. The summed E-state index contributed by atoms with van der Waals surface area (Å²) in [4.78, 5) is 12.2. The maximum absolute atomic E-state index is 12.2. The van der Waals surface area contributed by atoms with E-state index in [4.69, 9.17) is 9.47 Å². The number of hydrogen-bond acceptors (Lipinski definition) is 4. The average Bonchev–Trinajstić information content (AvgIpc) is 2.68. The largest absolute Gasteiger partial charge is 0.494 e. The Labute approximate surface area is 162 Å². The zero-order valence-corrected chi connectivity index (χ0v) is 16.5. The van der Waals surface area contributed by atoms with Crippen LogP contribution in [0.4, 0.5) is 11.4 Å². The number of anilines is 2. The monoisotopic (exact) mass is 370 g/mol. The molecule has 0 radical (unpaired) electrons. The summed E-state index contributed by atoms with van der Waals surface area (Å²) < 4.78 is 11.4. The van der Waals surface area contributed by atoms with Crippen molar-refractivity contribution in [1.82, 2.24) is 0 Å². The molecular formula is C22H30N2O3. The summed E-state index contributed by atoms with van der Waals surface area (Å²) in [7, 11) is 0. The Balaban J connectivity index is 1.79. The lowest BCUT2D eigenvalue weighted by Crippen LogP contribution is -2.21. The van der Waals surface area contributed by atoms with E-state index in [1.165, 1.54) is 0 Å². The van der Waals surface area contributed by atoms with E-state index >= 15 is 0 Å². The molecule has 0 aliphatic rings. The molecule has 2 aromatic rings. The van der Waals surface area contributed by atoms with Gasteiger partial charge in [-0.15, -0.1) is 0 Å². The van der Waals surface area contributed by atoms with Crippen molar-refractivity contribution < 1.29 is 14.3 Å². The molecule has 0 aliphatic heterocycles. The Kier molecular flexibility index (Phi) is 8.49. The fourth-order valence-electron chi connectivity index (χ4n) is 2.35.